The first-order valence-corrected chi connectivity index (χ1v) is 7.86. The summed E-state index contributed by atoms with van der Waals surface area (Å²) in [4.78, 5) is 24.9. The van der Waals surface area contributed by atoms with Crippen LogP contribution in [0, 0.1) is 0 Å². The van der Waals surface area contributed by atoms with Gasteiger partial charge in [-0.15, -0.1) is 0 Å². The van der Waals surface area contributed by atoms with Gasteiger partial charge in [-0.05, 0) is 30.3 Å². The highest BCUT2D eigenvalue weighted by atomic mass is 16.5. The number of carbonyl (C=O) groups excluding carboxylic acids is 1. The lowest BCUT2D eigenvalue weighted by molar-refractivity contribution is 0.0945. The number of imidazole rings is 1. The highest BCUT2D eigenvalue weighted by molar-refractivity contribution is 5.92. The molecule has 1 amide bonds. The highest BCUT2D eigenvalue weighted by Gasteiger charge is 2.12. The number of ether oxygens (including phenoxy) is 1. The van der Waals surface area contributed by atoms with E-state index in [1.54, 1.807) is 36.2 Å². The van der Waals surface area contributed by atoms with E-state index in [9.17, 15) is 4.79 Å². The Morgan fingerprint density at radius 1 is 1.27 bits per heavy atom. The van der Waals surface area contributed by atoms with Crippen LogP contribution in [0.3, 0.4) is 0 Å². The number of carbonyl (C=O) groups is 1. The Labute approximate surface area is 148 Å². The molecule has 2 N–H and O–H groups in total. The van der Waals surface area contributed by atoms with Crippen LogP contribution in [0.25, 0.3) is 17.2 Å². The second-order valence-corrected chi connectivity index (χ2v) is 5.47. The number of aromatic amines is 1. The van der Waals surface area contributed by atoms with Crippen LogP contribution >= 0.6 is 0 Å². The largest absolute Gasteiger partial charge is 0.497 e. The SMILES string of the molecule is COc1ccc(-c2n[nH]c(CNC(=O)c3cn4cccnc4n3)n2)cc1. The van der Waals surface area contributed by atoms with Crippen molar-refractivity contribution in [2.45, 2.75) is 6.54 Å². The van der Waals surface area contributed by atoms with Crippen LogP contribution in [0.5, 0.6) is 5.75 Å². The summed E-state index contributed by atoms with van der Waals surface area (Å²) in [5, 5.41) is 9.75. The molecule has 26 heavy (non-hydrogen) atoms. The standard InChI is InChI=1S/C17H15N7O2/c1-26-12-5-3-11(4-6-12)15-21-14(22-23-15)9-19-16(25)13-10-24-8-2-7-18-17(24)20-13/h2-8,10H,9H2,1H3,(H,19,25)(H,21,22,23). The van der Waals surface area contributed by atoms with Crippen LogP contribution in [0.2, 0.25) is 0 Å². The van der Waals surface area contributed by atoms with Gasteiger partial charge in [0.15, 0.2) is 5.82 Å². The van der Waals surface area contributed by atoms with Gasteiger partial charge in [0.2, 0.25) is 5.78 Å². The second-order valence-electron chi connectivity index (χ2n) is 5.47. The molecule has 0 radical (unpaired) electrons. The van der Waals surface area contributed by atoms with E-state index in [0.717, 1.165) is 11.3 Å². The number of aromatic nitrogens is 6. The number of nitrogens with one attached hydrogen (secondary N) is 2. The summed E-state index contributed by atoms with van der Waals surface area (Å²) >= 11 is 0. The molecule has 3 aromatic heterocycles. The molecule has 9 nitrogen and oxygen atoms in total. The Kier molecular flexibility index (Phi) is 4.02. The van der Waals surface area contributed by atoms with E-state index in [-0.39, 0.29) is 12.5 Å². The number of methoxy groups -OCH3 is 1. The normalized spacial score (nSPS) is 10.8. The molecule has 0 atom stereocenters. The summed E-state index contributed by atoms with van der Waals surface area (Å²) in [6.07, 6.45) is 5.03. The summed E-state index contributed by atoms with van der Waals surface area (Å²) in [6.45, 7) is 0.212. The molecule has 0 unspecified atom stereocenters. The van der Waals surface area contributed by atoms with Gasteiger partial charge >= 0.3 is 0 Å². The Balaban J connectivity index is 1.43. The molecule has 9 heteroatoms. The maximum Gasteiger partial charge on any atom is 0.271 e. The molecule has 0 fully saturated rings. The first-order chi connectivity index (χ1) is 12.7. The first kappa shape index (κ1) is 15.8. The number of amides is 1. The maximum atomic E-state index is 12.2. The molecule has 4 aromatic rings. The Morgan fingerprint density at radius 3 is 2.88 bits per heavy atom. The van der Waals surface area contributed by atoms with E-state index in [2.05, 4.69) is 30.5 Å². The van der Waals surface area contributed by atoms with E-state index in [1.165, 1.54) is 0 Å². The van der Waals surface area contributed by atoms with Crippen LogP contribution in [0.4, 0.5) is 0 Å². The van der Waals surface area contributed by atoms with Crippen molar-refractivity contribution in [3.63, 3.8) is 0 Å². The third-order valence-corrected chi connectivity index (χ3v) is 3.76. The lowest BCUT2D eigenvalue weighted by atomic mass is 10.2. The van der Waals surface area contributed by atoms with Crippen molar-refractivity contribution >= 4 is 11.7 Å². The minimum atomic E-state index is -0.308. The topological polar surface area (TPSA) is 110 Å². The molecule has 0 aliphatic heterocycles. The Morgan fingerprint density at radius 2 is 2.12 bits per heavy atom. The predicted octanol–water partition coefficient (Wildman–Crippen LogP) is 1.45. The molecule has 0 saturated heterocycles. The highest BCUT2D eigenvalue weighted by Crippen LogP contribution is 2.18. The zero-order chi connectivity index (χ0) is 17.9. The average molecular weight is 349 g/mol. The van der Waals surface area contributed by atoms with Crippen LogP contribution in [-0.4, -0.2) is 42.6 Å². The molecular formula is C17H15N7O2. The molecule has 0 bridgehead atoms. The van der Waals surface area contributed by atoms with Gasteiger partial charge in [0.25, 0.3) is 5.91 Å². The second kappa shape index (κ2) is 6.63. The molecule has 130 valence electrons. The quantitative estimate of drug-likeness (QED) is 0.564. The van der Waals surface area contributed by atoms with Crippen molar-refractivity contribution in [3.05, 3.63) is 60.4 Å². The van der Waals surface area contributed by atoms with E-state index in [1.807, 2.05) is 24.3 Å². The molecule has 3 heterocycles. The summed E-state index contributed by atoms with van der Waals surface area (Å²) in [7, 11) is 1.61. The molecule has 0 saturated carbocycles. The summed E-state index contributed by atoms with van der Waals surface area (Å²) in [5.41, 5.74) is 1.14. The molecule has 0 aliphatic rings. The maximum absolute atomic E-state index is 12.2. The first-order valence-electron chi connectivity index (χ1n) is 7.86. The van der Waals surface area contributed by atoms with Gasteiger partial charge in [-0.3, -0.25) is 14.3 Å². The van der Waals surface area contributed by atoms with Crippen molar-refractivity contribution < 1.29 is 9.53 Å². The third-order valence-electron chi connectivity index (χ3n) is 3.76. The molecule has 0 aliphatic carbocycles. The average Bonchev–Trinajstić information content (AvgIpc) is 3.33. The summed E-state index contributed by atoms with van der Waals surface area (Å²) in [6, 6.07) is 9.18. The number of H-pyrrole nitrogens is 1. The van der Waals surface area contributed by atoms with Crippen molar-refractivity contribution in [1.29, 1.82) is 0 Å². The van der Waals surface area contributed by atoms with Crippen LogP contribution < -0.4 is 10.1 Å². The lowest BCUT2D eigenvalue weighted by Gasteiger charge is -2.00. The number of benzene rings is 1. The monoisotopic (exact) mass is 349 g/mol. The number of hydrogen-bond acceptors (Lipinski definition) is 6. The number of fused-ring (bicyclic) bond motifs is 1. The zero-order valence-corrected chi connectivity index (χ0v) is 13.9. The van der Waals surface area contributed by atoms with Gasteiger partial charge in [-0.2, -0.15) is 5.10 Å². The van der Waals surface area contributed by atoms with Gasteiger partial charge in [0, 0.05) is 24.2 Å². The molecule has 4 rings (SSSR count). The van der Waals surface area contributed by atoms with Gasteiger partial charge in [0.1, 0.15) is 17.3 Å². The minimum absolute atomic E-state index is 0.212. The minimum Gasteiger partial charge on any atom is -0.497 e. The van der Waals surface area contributed by atoms with Crippen LogP contribution in [0.1, 0.15) is 16.3 Å². The molecule has 0 spiro atoms. The predicted molar refractivity (Wildman–Crippen MR) is 92.5 cm³/mol. The van der Waals surface area contributed by atoms with Gasteiger partial charge in [0.05, 0.1) is 13.7 Å². The number of rotatable bonds is 5. The van der Waals surface area contributed by atoms with Crippen molar-refractivity contribution in [1.82, 2.24) is 34.9 Å². The fourth-order valence-electron chi connectivity index (χ4n) is 2.44. The molecule has 1 aromatic carbocycles. The Bertz CT molecular complexity index is 1020. The van der Waals surface area contributed by atoms with E-state index >= 15 is 0 Å². The smallest absolute Gasteiger partial charge is 0.271 e. The zero-order valence-electron chi connectivity index (χ0n) is 13.9. The van der Waals surface area contributed by atoms with E-state index in [4.69, 9.17) is 4.74 Å². The molecular weight excluding hydrogens is 334 g/mol. The van der Waals surface area contributed by atoms with E-state index in [0.29, 0.717) is 23.1 Å². The summed E-state index contributed by atoms with van der Waals surface area (Å²) in [5.74, 6) is 2.02. The van der Waals surface area contributed by atoms with Gasteiger partial charge in [-0.1, -0.05) is 0 Å². The lowest BCUT2D eigenvalue weighted by Crippen LogP contribution is -2.23. The number of hydrogen-bond donors (Lipinski definition) is 2. The fraction of sp³-hybridized carbons (Fsp3) is 0.118. The van der Waals surface area contributed by atoms with Crippen LogP contribution in [-0.2, 0) is 6.54 Å². The van der Waals surface area contributed by atoms with Gasteiger partial charge in [-0.25, -0.2) is 15.0 Å². The number of nitrogens with zero attached hydrogens (tertiary/aromatic N) is 5. The van der Waals surface area contributed by atoms with Crippen molar-refractivity contribution in [3.8, 4) is 17.1 Å². The Hall–Kier alpha value is -3.75. The summed E-state index contributed by atoms with van der Waals surface area (Å²) < 4.78 is 6.82. The third kappa shape index (κ3) is 3.09. The van der Waals surface area contributed by atoms with Crippen LogP contribution in [0.15, 0.2) is 48.9 Å². The van der Waals surface area contributed by atoms with Gasteiger partial charge < -0.3 is 10.1 Å². The van der Waals surface area contributed by atoms with Crippen molar-refractivity contribution in [2.75, 3.05) is 7.11 Å². The van der Waals surface area contributed by atoms with E-state index < -0.39 is 0 Å². The van der Waals surface area contributed by atoms with Crippen molar-refractivity contribution in [2.24, 2.45) is 0 Å². The fourth-order valence-corrected chi connectivity index (χ4v) is 2.44.